The molecule has 1 aromatic heterocycles. The van der Waals surface area contributed by atoms with E-state index in [0.717, 1.165) is 11.1 Å². The highest BCUT2D eigenvalue weighted by molar-refractivity contribution is 9.10. The molecule has 0 saturated carbocycles. The van der Waals surface area contributed by atoms with Gasteiger partial charge in [0.2, 0.25) is 0 Å². The minimum atomic E-state index is 0.958. The van der Waals surface area contributed by atoms with Crippen LogP contribution in [0.25, 0.3) is 10.9 Å². The third kappa shape index (κ3) is 2.45. The van der Waals surface area contributed by atoms with E-state index in [1.165, 1.54) is 49.8 Å². The second-order valence-electron chi connectivity index (χ2n) is 4.93. The van der Waals surface area contributed by atoms with Gasteiger partial charge in [-0.2, -0.15) is 5.10 Å². The maximum absolute atomic E-state index is 4.57. The maximum Gasteiger partial charge on any atom is 0.135 e. The van der Waals surface area contributed by atoms with E-state index in [4.69, 9.17) is 0 Å². The van der Waals surface area contributed by atoms with Gasteiger partial charge in [0.05, 0.1) is 5.52 Å². The Hall–Kier alpha value is -0.870. The zero-order chi connectivity index (χ0) is 12.4. The first-order valence-corrected chi connectivity index (χ1v) is 7.47. The first-order chi connectivity index (χ1) is 8.84. The van der Waals surface area contributed by atoms with Crippen LogP contribution in [0.1, 0.15) is 19.3 Å². The van der Waals surface area contributed by atoms with Crippen molar-refractivity contribution in [2.24, 2.45) is 0 Å². The molecule has 1 saturated heterocycles. The van der Waals surface area contributed by atoms with Gasteiger partial charge in [-0.05, 0) is 60.9 Å². The molecule has 1 fully saturated rings. The number of benzene rings is 1. The zero-order valence-electron chi connectivity index (χ0n) is 10.5. The molecule has 0 atom stereocenters. The molecule has 0 spiro atoms. The number of hydrogen-bond donors (Lipinski definition) is 0. The van der Waals surface area contributed by atoms with Gasteiger partial charge >= 0.3 is 0 Å². The Kier molecular flexibility index (Phi) is 3.66. The topological polar surface area (TPSA) is 21.1 Å². The Bertz CT molecular complexity index is 529. The molecule has 3 rings (SSSR count). The summed E-state index contributed by atoms with van der Waals surface area (Å²) in [6.45, 7) is 4.77. The number of likely N-dealkylation sites (tertiary alicyclic amines) is 1. The molecular weight excluding hydrogens is 290 g/mol. The van der Waals surface area contributed by atoms with Gasteiger partial charge in [-0.15, -0.1) is 0 Å². The molecule has 0 bridgehead atoms. The van der Waals surface area contributed by atoms with Crippen LogP contribution in [0.2, 0.25) is 0 Å². The van der Waals surface area contributed by atoms with Crippen LogP contribution in [0, 0.1) is 0 Å². The molecule has 18 heavy (non-hydrogen) atoms. The molecule has 4 heteroatoms. The van der Waals surface area contributed by atoms with Crippen LogP contribution in [0.3, 0.4) is 0 Å². The Labute approximate surface area is 116 Å². The van der Waals surface area contributed by atoms with Crippen molar-refractivity contribution in [1.29, 1.82) is 0 Å². The second-order valence-corrected chi connectivity index (χ2v) is 5.68. The summed E-state index contributed by atoms with van der Waals surface area (Å²) in [5.41, 5.74) is 1.23. The molecule has 2 aromatic rings. The van der Waals surface area contributed by atoms with Gasteiger partial charge in [-0.3, -0.25) is 4.68 Å². The lowest BCUT2D eigenvalue weighted by molar-refractivity contribution is 0.323. The number of hydrogen-bond acceptors (Lipinski definition) is 2. The molecule has 1 aromatic carbocycles. The van der Waals surface area contributed by atoms with E-state index in [-0.39, 0.29) is 0 Å². The zero-order valence-corrected chi connectivity index (χ0v) is 12.1. The Morgan fingerprint density at radius 2 is 1.89 bits per heavy atom. The highest BCUT2D eigenvalue weighted by atomic mass is 79.9. The molecule has 0 N–H and O–H groups in total. The lowest BCUT2D eigenvalue weighted by atomic mass is 10.2. The molecule has 1 aliphatic heterocycles. The van der Waals surface area contributed by atoms with Crippen molar-refractivity contribution in [2.75, 3.05) is 19.6 Å². The average Bonchev–Trinajstić information content (AvgIpc) is 3.00. The summed E-state index contributed by atoms with van der Waals surface area (Å²) < 4.78 is 3.08. The first-order valence-electron chi connectivity index (χ1n) is 6.68. The fourth-order valence-corrected chi connectivity index (χ4v) is 3.23. The van der Waals surface area contributed by atoms with Crippen LogP contribution in [-0.2, 0) is 6.54 Å². The summed E-state index contributed by atoms with van der Waals surface area (Å²) in [5.74, 6) is 0. The van der Waals surface area contributed by atoms with Gasteiger partial charge in [0, 0.05) is 11.9 Å². The fourth-order valence-electron chi connectivity index (χ4n) is 2.71. The molecule has 2 heterocycles. The molecule has 0 aliphatic carbocycles. The lowest BCUT2D eigenvalue weighted by Crippen LogP contribution is -2.21. The number of aryl methyl sites for hydroxylation is 1. The second kappa shape index (κ2) is 5.41. The monoisotopic (exact) mass is 307 g/mol. The van der Waals surface area contributed by atoms with Crippen LogP contribution < -0.4 is 0 Å². The van der Waals surface area contributed by atoms with Crippen LogP contribution >= 0.6 is 15.9 Å². The lowest BCUT2D eigenvalue weighted by Gasteiger charge is -2.14. The summed E-state index contributed by atoms with van der Waals surface area (Å²) in [4.78, 5) is 2.56. The van der Waals surface area contributed by atoms with Crippen LogP contribution in [0.4, 0.5) is 0 Å². The van der Waals surface area contributed by atoms with Gasteiger partial charge in [0.15, 0.2) is 0 Å². The van der Waals surface area contributed by atoms with Gasteiger partial charge < -0.3 is 4.90 Å². The number of para-hydroxylation sites is 1. The predicted octanol–water partition coefficient (Wildman–Crippen LogP) is 3.28. The summed E-state index contributed by atoms with van der Waals surface area (Å²) in [6.07, 6.45) is 3.92. The SMILES string of the molecule is Brc1nn(CCCN2CCCC2)c2ccccc12. The first kappa shape index (κ1) is 12.2. The van der Waals surface area contributed by atoms with Crippen LogP contribution in [-0.4, -0.2) is 34.3 Å². The number of fused-ring (bicyclic) bond motifs is 1. The van der Waals surface area contributed by atoms with Crippen molar-refractivity contribution in [1.82, 2.24) is 14.7 Å². The van der Waals surface area contributed by atoms with Crippen LogP contribution in [0.5, 0.6) is 0 Å². The molecule has 96 valence electrons. The van der Waals surface area contributed by atoms with Crippen LogP contribution in [0.15, 0.2) is 28.9 Å². The maximum atomic E-state index is 4.57. The summed E-state index contributed by atoms with van der Waals surface area (Å²) >= 11 is 3.53. The van der Waals surface area contributed by atoms with E-state index in [9.17, 15) is 0 Å². The van der Waals surface area contributed by atoms with Gasteiger partial charge in [-0.25, -0.2) is 0 Å². The van der Waals surface area contributed by atoms with Crippen molar-refractivity contribution >= 4 is 26.8 Å². The molecule has 0 unspecified atom stereocenters. The molecule has 0 amide bonds. The molecule has 0 radical (unpaired) electrons. The Morgan fingerprint density at radius 3 is 2.72 bits per heavy atom. The number of nitrogens with zero attached hydrogens (tertiary/aromatic N) is 3. The van der Waals surface area contributed by atoms with Gasteiger partial charge in [0.1, 0.15) is 4.60 Å². The van der Waals surface area contributed by atoms with E-state index in [1.54, 1.807) is 0 Å². The Morgan fingerprint density at radius 1 is 1.11 bits per heavy atom. The van der Waals surface area contributed by atoms with Crippen molar-refractivity contribution in [3.8, 4) is 0 Å². The normalized spacial score (nSPS) is 16.7. The van der Waals surface area contributed by atoms with Crippen molar-refractivity contribution in [3.05, 3.63) is 28.9 Å². The minimum absolute atomic E-state index is 0.958. The quantitative estimate of drug-likeness (QED) is 0.864. The molecule has 1 aliphatic rings. The van der Waals surface area contributed by atoms with Gasteiger partial charge in [-0.1, -0.05) is 18.2 Å². The van der Waals surface area contributed by atoms with Crippen molar-refractivity contribution in [3.63, 3.8) is 0 Å². The molecule has 3 nitrogen and oxygen atoms in total. The largest absolute Gasteiger partial charge is 0.303 e. The molecular formula is C14H18BrN3. The smallest absolute Gasteiger partial charge is 0.135 e. The van der Waals surface area contributed by atoms with E-state index >= 15 is 0 Å². The van der Waals surface area contributed by atoms with Gasteiger partial charge in [0.25, 0.3) is 0 Å². The highest BCUT2D eigenvalue weighted by Gasteiger charge is 2.11. The minimum Gasteiger partial charge on any atom is -0.303 e. The van der Waals surface area contributed by atoms with E-state index in [2.05, 4.69) is 54.9 Å². The number of aromatic nitrogens is 2. The van der Waals surface area contributed by atoms with Crippen molar-refractivity contribution in [2.45, 2.75) is 25.8 Å². The summed E-state index contributed by atoms with van der Waals surface area (Å²) in [7, 11) is 0. The predicted molar refractivity (Wildman–Crippen MR) is 77.7 cm³/mol. The number of halogens is 1. The highest BCUT2D eigenvalue weighted by Crippen LogP contribution is 2.23. The third-order valence-electron chi connectivity index (χ3n) is 3.66. The standard InChI is InChI=1S/C14H18BrN3/c15-14-12-6-1-2-7-13(12)18(16-14)11-5-10-17-8-3-4-9-17/h1-2,6-7H,3-5,8-11H2. The number of rotatable bonds is 4. The van der Waals surface area contributed by atoms with Crippen molar-refractivity contribution < 1.29 is 0 Å². The summed E-state index contributed by atoms with van der Waals surface area (Å²) in [5, 5.41) is 5.78. The van der Waals surface area contributed by atoms with E-state index in [0.29, 0.717) is 0 Å². The fraction of sp³-hybridized carbons (Fsp3) is 0.500. The summed E-state index contributed by atoms with van der Waals surface area (Å²) in [6, 6.07) is 8.39. The van der Waals surface area contributed by atoms with E-state index < -0.39 is 0 Å². The van der Waals surface area contributed by atoms with E-state index in [1.807, 2.05) is 0 Å². The Balaban J connectivity index is 1.67. The third-order valence-corrected chi connectivity index (χ3v) is 4.24. The average molecular weight is 308 g/mol.